The van der Waals surface area contributed by atoms with Crippen LogP contribution >= 0.6 is 0 Å². The van der Waals surface area contributed by atoms with Crippen LogP contribution in [0.3, 0.4) is 0 Å². The van der Waals surface area contributed by atoms with Crippen molar-refractivity contribution in [2.45, 2.75) is 31.0 Å². The highest BCUT2D eigenvalue weighted by molar-refractivity contribution is 5.59. The lowest BCUT2D eigenvalue weighted by atomic mass is 9.91. The Labute approximate surface area is 204 Å². The molecule has 1 fully saturated rings. The van der Waals surface area contributed by atoms with Gasteiger partial charge >= 0.3 is 12.4 Å². The number of hydrogen-bond donors (Lipinski definition) is 1. The molecule has 1 aromatic carbocycles. The summed E-state index contributed by atoms with van der Waals surface area (Å²) in [5.74, 6) is 0. The molecule has 2 aromatic heterocycles. The molecule has 1 aliphatic rings. The highest BCUT2D eigenvalue weighted by atomic mass is 19.4. The molecule has 1 saturated heterocycles. The summed E-state index contributed by atoms with van der Waals surface area (Å²) in [5, 5.41) is 9.52. The third-order valence-electron chi connectivity index (χ3n) is 6.27. The number of benzene rings is 1. The Kier molecular flexibility index (Phi) is 7.35. The van der Waals surface area contributed by atoms with Crippen molar-refractivity contribution < 1.29 is 31.4 Å². The number of halogens is 6. The first-order valence-corrected chi connectivity index (χ1v) is 11.2. The Morgan fingerprint density at radius 1 is 0.694 bits per heavy atom. The summed E-state index contributed by atoms with van der Waals surface area (Å²) < 4.78 is 78.4. The minimum Gasteiger partial charge on any atom is -0.369 e. The molecule has 0 spiro atoms. The fraction of sp³-hybridized carbons (Fsp3) is 0.360. The van der Waals surface area contributed by atoms with Gasteiger partial charge in [-0.25, -0.2) is 0 Å². The molecule has 5 nitrogen and oxygen atoms in total. The van der Waals surface area contributed by atoms with E-state index in [1.54, 1.807) is 24.7 Å². The zero-order valence-corrected chi connectivity index (χ0v) is 19.1. The zero-order valence-electron chi connectivity index (χ0n) is 19.1. The van der Waals surface area contributed by atoms with Gasteiger partial charge in [0.1, 0.15) is 0 Å². The maximum atomic E-state index is 13.1. The molecule has 0 radical (unpaired) electrons. The monoisotopic (exact) mass is 510 g/mol. The summed E-state index contributed by atoms with van der Waals surface area (Å²) in [5.41, 5.74) is -3.35. The van der Waals surface area contributed by atoms with Gasteiger partial charge in [0.25, 0.3) is 5.60 Å². The first kappa shape index (κ1) is 26.1. The predicted molar refractivity (Wildman–Crippen MR) is 120 cm³/mol. The molecule has 0 bridgehead atoms. The van der Waals surface area contributed by atoms with Gasteiger partial charge < -0.3 is 5.11 Å². The maximum absolute atomic E-state index is 13.1. The summed E-state index contributed by atoms with van der Waals surface area (Å²) in [4.78, 5) is 13.0. The Balaban J connectivity index is 1.36. The molecule has 0 aliphatic carbocycles. The number of aliphatic hydroxyl groups is 1. The lowest BCUT2D eigenvalue weighted by molar-refractivity contribution is -0.376. The molecule has 0 atom stereocenters. The third-order valence-corrected chi connectivity index (χ3v) is 6.27. The van der Waals surface area contributed by atoms with E-state index < -0.39 is 23.5 Å². The lowest BCUT2D eigenvalue weighted by Crippen LogP contribution is -2.53. The second-order valence-corrected chi connectivity index (χ2v) is 8.74. The fourth-order valence-corrected chi connectivity index (χ4v) is 4.17. The lowest BCUT2D eigenvalue weighted by Gasteiger charge is -2.34. The smallest absolute Gasteiger partial charge is 0.369 e. The van der Waals surface area contributed by atoms with Crippen molar-refractivity contribution in [2.24, 2.45) is 0 Å². The Hall–Kier alpha value is -3.02. The van der Waals surface area contributed by atoms with E-state index in [0.717, 1.165) is 50.4 Å². The van der Waals surface area contributed by atoms with Gasteiger partial charge in [0.2, 0.25) is 0 Å². The van der Waals surface area contributed by atoms with Crippen molar-refractivity contribution in [3.8, 4) is 11.3 Å². The number of nitrogens with zero attached hydrogens (tertiary/aromatic N) is 4. The second kappa shape index (κ2) is 10.2. The average molecular weight is 510 g/mol. The first-order chi connectivity index (χ1) is 17.0. The molecule has 192 valence electrons. The van der Waals surface area contributed by atoms with Gasteiger partial charge in [-0.2, -0.15) is 26.3 Å². The summed E-state index contributed by atoms with van der Waals surface area (Å²) in [6.07, 6.45) is -6.63. The Morgan fingerprint density at radius 3 is 1.69 bits per heavy atom. The van der Waals surface area contributed by atoms with Crippen LogP contribution in [0.4, 0.5) is 26.3 Å². The van der Waals surface area contributed by atoms with E-state index in [1.165, 1.54) is 5.56 Å². The number of hydrogen-bond acceptors (Lipinski definition) is 5. The molecule has 1 aliphatic heterocycles. The van der Waals surface area contributed by atoms with Gasteiger partial charge in [-0.3, -0.25) is 19.8 Å². The molecular weight excluding hydrogens is 486 g/mol. The number of pyridine rings is 2. The van der Waals surface area contributed by atoms with Gasteiger partial charge in [0.05, 0.1) is 5.69 Å². The fourth-order valence-electron chi connectivity index (χ4n) is 4.17. The zero-order chi connectivity index (χ0) is 26.0. The summed E-state index contributed by atoms with van der Waals surface area (Å²) in [6, 6.07) is 10.9. The predicted octanol–water partition coefficient (Wildman–Crippen LogP) is 4.77. The topological polar surface area (TPSA) is 52.5 Å². The summed E-state index contributed by atoms with van der Waals surface area (Å²) >= 11 is 0. The normalized spacial score (nSPS) is 16.3. The van der Waals surface area contributed by atoms with Crippen molar-refractivity contribution in [1.82, 2.24) is 19.8 Å². The van der Waals surface area contributed by atoms with E-state index in [-0.39, 0.29) is 0 Å². The van der Waals surface area contributed by atoms with Gasteiger partial charge in [0.15, 0.2) is 0 Å². The molecule has 0 unspecified atom stereocenters. The van der Waals surface area contributed by atoms with Gasteiger partial charge in [-0.1, -0.05) is 30.3 Å². The first-order valence-electron chi connectivity index (χ1n) is 11.2. The SMILES string of the molecule is OC(c1ccc(-c2ccc(CN3CCN(Cc4ccncc4)CC3)cn2)cc1)(C(F)(F)F)C(F)(F)F. The minimum atomic E-state index is -5.92. The van der Waals surface area contributed by atoms with Crippen molar-refractivity contribution in [3.63, 3.8) is 0 Å². The van der Waals surface area contributed by atoms with Crippen molar-refractivity contribution in [3.05, 3.63) is 83.8 Å². The largest absolute Gasteiger partial charge is 0.430 e. The van der Waals surface area contributed by atoms with E-state index in [0.29, 0.717) is 29.9 Å². The van der Waals surface area contributed by atoms with Crippen LogP contribution in [0.2, 0.25) is 0 Å². The number of alkyl halides is 6. The maximum Gasteiger partial charge on any atom is 0.430 e. The van der Waals surface area contributed by atoms with Crippen molar-refractivity contribution in [2.75, 3.05) is 26.2 Å². The molecule has 3 heterocycles. The molecular formula is C25H24F6N4O. The molecule has 0 saturated carbocycles. The van der Waals surface area contributed by atoms with Gasteiger partial charge in [0, 0.05) is 69.0 Å². The van der Waals surface area contributed by atoms with Crippen LogP contribution in [0.5, 0.6) is 0 Å². The average Bonchev–Trinajstić information content (AvgIpc) is 2.85. The molecule has 11 heteroatoms. The number of aromatic nitrogens is 2. The van der Waals surface area contributed by atoms with Gasteiger partial charge in [-0.15, -0.1) is 0 Å². The van der Waals surface area contributed by atoms with E-state index in [1.807, 2.05) is 18.2 Å². The van der Waals surface area contributed by atoms with Crippen molar-refractivity contribution >= 4 is 0 Å². The molecule has 3 aromatic rings. The standard InChI is InChI=1S/C25H24F6N4O/c26-24(27,28)23(36,25(29,30)31)21-4-2-20(3-5-21)22-6-1-19(15-33-22)17-35-13-11-34(12-14-35)16-18-7-9-32-10-8-18/h1-10,15,36H,11-14,16-17H2. The van der Waals surface area contributed by atoms with Crippen LogP contribution < -0.4 is 0 Å². The van der Waals surface area contributed by atoms with Crippen molar-refractivity contribution in [1.29, 1.82) is 0 Å². The quantitative estimate of drug-likeness (QED) is 0.484. The van der Waals surface area contributed by atoms with E-state index in [9.17, 15) is 31.4 Å². The van der Waals surface area contributed by atoms with Crippen LogP contribution in [-0.2, 0) is 18.7 Å². The molecule has 0 amide bonds. The second-order valence-electron chi connectivity index (χ2n) is 8.74. The Morgan fingerprint density at radius 2 is 1.22 bits per heavy atom. The molecule has 1 N–H and O–H groups in total. The third kappa shape index (κ3) is 5.53. The summed E-state index contributed by atoms with van der Waals surface area (Å²) in [7, 11) is 0. The van der Waals surface area contributed by atoms with E-state index in [4.69, 9.17) is 0 Å². The van der Waals surface area contributed by atoms with E-state index in [2.05, 4.69) is 19.8 Å². The highest BCUT2D eigenvalue weighted by Crippen LogP contribution is 2.50. The highest BCUT2D eigenvalue weighted by Gasteiger charge is 2.71. The van der Waals surface area contributed by atoms with Crippen LogP contribution in [0.1, 0.15) is 16.7 Å². The molecule has 4 rings (SSSR count). The molecule has 36 heavy (non-hydrogen) atoms. The van der Waals surface area contributed by atoms with Crippen LogP contribution in [0.25, 0.3) is 11.3 Å². The summed E-state index contributed by atoms with van der Waals surface area (Å²) in [6.45, 7) is 5.16. The Bertz CT molecular complexity index is 1110. The van der Waals surface area contributed by atoms with Crippen LogP contribution in [0, 0.1) is 0 Å². The van der Waals surface area contributed by atoms with Crippen LogP contribution in [0.15, 0.2) is 67.1 Å². The number of rotatable bonds is 6. The van der Waals surface area contributed by atoms with E-state index >= 15 is 0 Å². The van der Waals surface area contributed by atoms with Crippen LogP contribution in [-0.4, -0.2) is 63.4 Å². The van der Waals surface area contributed by atoms with Gasteiger partial charge in [-0.05, 0) is 29.3 Å². The number of piperazine rings is 1. The minimum absolute atomic E-state index is 0.335.